The maximum atomic E-state index is 3.24. The zero-order chi connectivity index (χ0) is 10.1. The van der Waals surface area contributed by atoms with Gasteiger partial charge in [-0.2, -0.15) is 0 Å². The Labute approximate surface area is 83.0 Å². The molecule has 0 heteroatoms. The lowest BCUT2D eigenvalue weighted by Crippen LogP contribution is -1.89. The van der Waals surface area contributed by atoms with Crippen LogP contribution in [0.2, 0.25) is 0 Å². The molecule has 0 aromatic carbocycles. The summed E-state index contributed by atoms with van der Waals surface area (Å²) in [7, 11) is 0. The topological polar surface area (TPSA) is 0 Å². The molecule has 0 amide bonds. The van der Waals surface area contributed by atoms with Crippen molar-refractivity contribution in [2.75, 3.05) is 0 Å². The van der Waals surface area contributed by atoms with Gasteiger partial charge >= 0.3 is 0 Å². The maximum absolute atomic E-state index is 3.24. The average Bonchev–Trinajstić information content (AvgIpc) is 2.18. The fourth-order valence-electron chi connectivity index (χ4n) is 1.07. The quantitative estimate of drug-likeness (QED) is 0.430. The smallest absolute Gasteiger partial charge is 0.0203 e. The average molecular weight is 178 g/mol. The van der Waals surface area contributed by atoms with Crippen LogP contribution >= 0.6 is 0 Å². The molecule has 0 aliphatic rings. The van der Waals surface area contributed by atoms with Crippen LogP contribution in [0.15, 0.2) is 29.5 Å². The van der Waals surface area contributed by atoms with Crippen molar-refractivity contribution in [2.24, 2.45) is 5.92 Å². The molecule has 0 fully saturated rings. The zero-order valence-corrected chi connectivity index (χ0v) is 9.43. The summed E-state index contributed by atoms with van der Waals surface area (Å²) in [5, 5.41) is 0. The maximum Gasteiger partial charge on any atom is -0.0203 e. The van der Waals surface area contributed by atoms with Crippen molar-refractivity contribution < 1.29 is 0 Å². The van der Waals surface area contributed by atoms with E-state index in [1.807, 2.05) is 6.08 Å². The summed E-state index contributed by atoms with van der Waals surface area (Å²) < 4.78 is 0. The molecule has 13 heavy (non-hydrogen) atoms. The van der Waals surface area contributed by atoms with E-state index in [4.69, 9.17) is 0 Å². The predicted molar refractivity (Wildman–Crippen MR) is 60.8 cm³/mol. The van der Waals surface area contributed by atoms with E-state index >= 15 is 0 Å². The lowest BCUT2D eigenvalue weighted by Gasteiger charge is -2.02. The van der Waals surface area contributed by atoms with Gasteiger partial charge in [-0.1, -0.05) is 32.9 Å². The van der Waals surface area contributed by atoms with E-state index in [9.17, 15) is 0 Å². The van der Waals surface area contributed by atoms with Gasteiger partial charge in [-0.15, -0.1) is 5.73 Å². The van der Waals surface area contributed by atoms with Gasteiger partial charge < -0.3 is 0 Å². The monoisotopic (exact) mass is 178 g/mol. The van der Waals surface area contributed by atoms with Gasteiger partial charge in [0.15, 0.2) is 0 Å². The third-order valence-electron chi connectivity index (χ3n) is 2.39. The van der Waals surface area contributed by atoms with Crippen LogP contribution in [0.5, 0.6) is 0 Å². The second-order valence-corrected chi connectivity index (χ2v) is 3.41. The van der Waals surface area contributed by atoms with E-state index in [1.54, 1.807) is 0 Å². The van der Waals surface area contributed by atoms with Crippen molar-refractivity contribution in [3.63, 3.8) is 0 Å². The van der Waals surface area contributed by atoms with Gasteiger partial charge in [0.1, 0.15) is 0 Å². The minimum absolute atomic E-state index is 0.736. The molecule has 0 nitrogen and oxygen atoms in total. The van der Waals surface area contributed by atoms with E-state index in [2.05, 4.69) is 45.6 Å². The van der Waals surface area contributed by atoms with Gasteiger partial charge in [0.2, 0.25) is 0 Å². The second-order valence-electron chi connectivity index (χ2n) is 3.41. The van der Waals surface area contributed by atoms with E-state index < -0.39 is 0 Å². The molecule has 0 N–H and O–H groups in total. The minimum atomic E-state index is 0.736. The lowest BCUT2D eigenvalue weighted by molar-refractivity contribution is 0.606. The van der Waals surface area contributed by atoms with E-state index in [0.717, 1.165) is 12.3 Å². The summed E-state index contributed by atoms with van der Waals surface area (Å²) in [6.07, 6.45) is 9.98. The van der Waals surface area contributed by atoms with E-state index in [0.29, 0.717) is 0 Å². The lowest BCUT2D eigenvalue weighted by atomic mass is 10.0. The molecule has 0 saturated carbocycles. The second kappa shape index (κ2) is 7.89. The van der Waals surface area contributed by atoms with Crippen LogP contribution in [0.4, 0.5) is 0 Å². The molecule has 0 radical (unpaired) electrons. The van der Waals surface area contributed by atoms with Crippen molar-refractivity contribution in [3.8, 4) is 0 Å². The Kier molecular flexibility index (Phi) is 7.44. The Morgan fingerprint density at radius 1 is 1.23 bits per heavy atom. The van der Waals surface area contributed by atoms with E-state index in [1.165, 1.54) is 18.4 Å². The van der Waals surface area contributed by atoms with Crippen molar-refractivity contribution in [3.05, 3.63) is 29.5 Å². The highest BCUT2D eigenvalue weighted by atomic mass is 14.0. The molecule has 0 aromatic rings. The summed E-state index contributed by atoms with van der Waals surface area (Å²) in [6.45, 7) is 8.73. The molecular formula is C13H22. The largest absolute Gasteiger partial charge is 0.122 e. The van der Waals surface area contributed by atoms with Crippen LogP contribution in [0.1, 0.15) is 47.0 Å². The Balaban J connectivity index is 4.06. The Morgan fingerprint density at radius 3 is 2.31 bits per heavy atom. The third kappa shape index (κ3) is 6.42. The molecule has 74 valence electrons. The molecular weight excluding hydrogens is 156 g/mol. The minimum Gasteiger partial charge on any atom is -0.122 e. The predicted octanol–water partition coefficient (Wildman–Crippen LogP) is 4.49. The van der Waals surface area contributed by atoms with Crippen LogP contribution in [-0.2, 0) is 0 Å². The summed E-state index contributed by atoms with van der Waals surface area (Å²) >= 11 is 0. The summed E-state index contributed by atoms with van der Waals surface area (Å²) in [6, 6.07) is 0. The van der Waals surface area contributed by atoms with Crippen molar-refractivity contribution in [1.29, 1.82) is 0 Å². The highest BCUT2D eigenvalue weighted by molar-refractivity contribution is 5.07. The Morgan fingerprint density at radius 2 is 1.85 bits per heavy atom. The van der Waals surface area contributed by atoms with Crippen LogP contribution in [0.3, 0.4) is 0 Å². The normalized spacial score (nSPS) is 10.5. The van der Waals surface area contributed by atoms with Gasteiger partial charge in [0, 0.05) is 0 Å². The molecule has 0 aliphatic heterocycles. The molecule has 0 saturated heterocycles. The molecule has 0 aliphatic carbocycles. The van der Waals surface area contributed by atoms with Crippen LogP contribution < -0.4 is 0 Å². The fraction of sp³-hybridized carbons (Fsp3) is 0.615. The summed E-state index contributed by atoms with van der Waals surface area (Å²) in [5.41, 5.74) is 4.55. The first-order valence-corrected chi connectivity index (χ1v) is 5.33. The van der Waals surface area contributed by atoms with Crippen molar-refractivity contribution in [2.45, 2.75) is 47.0 Å². The molecule has 0 bridgehead atoms. The first-order valence-electron chi connectivity index (χ1n) is 5.33. The number of hydrogen-bond acceptors (Lipinski definition) is 0. The number of rotatable bonds is 5. The van der Waals surface area contributed by atoms with Crippen molar-refractivity contribution in [1.82, 2.24) is 0 Å². The first kappa shape index (κ1) is 12.3. The van der Waals surface area contributed by atoms with Crippen molar-refractivity contribution >= 4 is 0 Å². The summed E-state index contributed by atoms with van der Waals surface area (Å²) in [4.78, 5) is 0. The van der Waals surface area contributed by atoms with Gasteiger partial charge in [-0.3, -0.25) is 0 Å². The third-order valence-corrected chi connectivity index (χ3v) is 2.39. The summed E-state index contributed by atoms with van der Waals surface area (Å²) in [5.74, 6) is 0.736. The van der Waals surface area contributed by atoms with Crippen LogP contribution in [0, 0.1) is 5.92 Å². The molecule has 0 aromatic heterocycles. The van der Waals surface area contributed by atoms with Gasteiger partial charge in [-0.05, 0) is 43.8 Å². The molecule has 0 atom stereocenters. The van der Waals surface area contributed by atoms with Gasteiger partial charge in [-0.25, -0.2) is 0 Å². The van der Waals surface area contributed by atoms with Crippen LogP contribution in [-0.4, -0.2) is 0 Å². The molecule has 0 spiro atoms. The molecule has 0 unspecified atom stereocenters. The zero-order valence-electron chi connectivity index (χ0n) is 9.43. The number of hydrogen-bond donors (Lipinski definition) is 0. The molecule has 0 rings (SSSR count). The highest BCUT2D eigenvalue weighted by Gasteiger charge is 1.94. The van der Waals surface area contributed by atoms with Gasteiger partial charge in [0.25, 0.3) is 0 Å². The number of allylic oxidation sites excluding steroid dienone is 3. The van der Waals surface area contributed by atoms with E-state index in [-0.39, 0.29) is 0 Å². The Hall–Kier alpha value is -0.740. The highest BCUT2D eigenvalue weighted by Crippen LogP contribution is 2.08. The fourth-order valence-corrected chi connectivity index (χ4v) is 1.07. The standard InChI is InChI=1S/C13H22/c1-5-12(4)10-8-9-11-13(6-2)7-3/h8-9,11,13H,5-7H2,1-4H3. The SMILES string of the molecule is CCC(C)=C=CC=CC(CC)CC. The Bertz CT molecular complexity index is 198. The van der Waals surface area contributed by atoms with Crippen LogP contribution in [0.25, 0.3) is 0 Å². The first-order chi connectivity index (χ1) is 6.24. The molecule has 0 heterocycles. The van der Waals surface area contributed by atoms with Gasteiger partial charge in [0.05, 0.1) is 0 Å².